The smallest absolute Gasteiger partial charge is 0.225 e. The van der Waals surface area contributed by atoms with Crippen molar-refractivity contribution < 1.29 is 0 Å². The van der Waals surface area contributed by atoms with Crippen molar-refractivity contribution in [2.75, 3.05) is 11.9 Å². The highest BCUT2D eigenvalue weighted by atomic mass is 32.1. The lowest BCUT2D eigenvalue weighted by atomic mass is 9.75. The van der Waals surface area contributed by atoms with Gasteiger partial charge in [0.2, 0.25) is 5.95 Å². The minimum Gasteiger partial charge on any atom is -0.388 e. The molecule has 0 radical (unpaired) electrons. The van der Waals surface area contributed by atoms with Crippen LogP contribution in [0.2, 0.25) is 0 Å². The Kier molecular flexibility index (Phi) is 4.04. The molecule has 2 rings (SSSR count). The summed E-state index contributed by atoms with van der Waals surface area (Å²) in [4.78, 5) is 11.3. The lowest BCUT2D eigenvalue weighted by Gasteiger charge is -2.38. The van der Waals surface area contributed by atoms with E-state index in [9.17, 15) is 0 Å². The monoisotopic (exact) mass is 278 g/mol. The first-order valence-corrected chi connectivity index (χ1v) is 7.15. The molecule has 1 heterocycles. The minimum absolute atomic E-state index is 0.321. The summed E-state index contributed by atoms with van der Waals surface area (Å²) in [6.07, 6.45) is 6.59. The normalized spacial score (nSPS) is 19.1. The zero-order valence-electron chi connectivity index (χ0n) is 11.9. The van der Waals surface area contributed by atoms with E-state index in [4.69, 9.17) is 18.0 Å². The number of nitrogens with zero attached hydrogens (tertiary/aromatic N) is 3. The average Bonchev–Trinajstić information content (AvgIpc) is 2.38. The van der Waals surface area contributed by atoms with Crippen LogP contribution in [0, 0.1) is 5.41 Å². The molecule has 1 aliphatic rings. The van der Waals surface area contributed by atoms with E-state index in [0.29, 0.717) is 22.1 Å². The summed E-state index contributed by atoms with van der Waals surface area (Å²) in [5, 5.41) is 0. The highest BCUT2D eigenvalue weighted by molar-refractivity contribution is 7.80. The Morgan fingerprint density at radius 2 is 2.05 bits per heavy atom. The van der Waals surface area contributed by atoms with Crippen LogP contribution in [-0.4, -0.2) is 28.0 Å². The maximum absolute atomic E-state index is 5.62. The first kappa shape index (κ1) is 14.2. The summed E-state index contributed by atoms with van der Waals surface area (Å²) in [6.45, 7) is 4.68. The van der Waals surface area contributed by atoms with Crippen LogP contribution in [0.15, 0.2) is 12.3 Å². The Morgan fingerprint density at radius 3 is 2.63 bits per heavy atom. The van der Waals surface area contributed by atoms with Crippen LogP contribution in [0.4, 0.5) is 5.95 Å². The van der Waals surface area contributed by atoms with Crippen molar-refractivity contribution in [3.63, 3.8) is 0 Å². The lowest BCUT2D eigenvalue weighted by Crippen LogP contribution is -2.38. The van der Waals surface area contributed by atoms with Crippen LogP contribution in [-0.2, 0) is 0 Å². The van der Waals surface area contributed by atoms with E-state index in [0.717, 1.165) is 5.95 Å². The number of aromatic nitrogens is 2. The topological polar surface area (TPSA) is 55.0 Å². The van der Waals surface area contributed by atoms with Crippen LogP contribution in [0.5, 0.6) is 0 Å². The van der Waals surface area contributed by atoms with Gasteiger partial charge in [-0.15, -0.1) is 0 Å². The fourth-order valence-electron chi connectivity index (χ4n) is 2.59. The molecule has 5 heteroatoms. The van der Waals surface area contributed by atoms with E-state index < -0.39 is 0 Å². The zero-order valence-corrected chi connectivity index (χ0v) is 12.7. The fraction of sp³-hybridized carbons (Fsp3) is 0.643. The standard InChI is InChI=1S/C14H22N4S/c1-14(2)7-4-10(5-8-14)18(3)13-16-9-6-11(17-13)12(15)19/h6,9-10H,4-5,7-8H2,1-3H3,(H2,15,19). The van der Waals surface area contributed by atoms with Crippen molar-refractivity contribution >= 4 is 23.2 Å². The summed E-state index contributed by atoms with van der Waals surface area (Å²) in [5.74, 6) is 0.718. The molecule has 1 aromatic rings. The Morgan fingerprint density at radius 1 is 1.42 bits per heavy atom. The number of hydrogen-bond acceptors (Lipinski definition) is 4. The van der Waals surface area contributed by atoms with Gasteiger partial charge in [-0.3, -0.25) is 0 Å². The van der Waals surface area contributed by atoms with Crippen LogP contribution >= 0.6 is 12.2 Å². The van der Waals surface area contributed by atoms with E-state index in [-0.39, 0.29) is 0 Å². The molecule has 104 valence electrons. The van der Waals surface area contributed by atoms with Gasteiger partial charge in [-0.25, -0.2) is 9.97 Å². The molecule has 4 nitrogen and oxygen atoms in total. The van der Waals surface area contributed by atoms with Gasteiger partial charge in [0.15, 0.2) is 0 Å². The van der Waals surface area contributed by atoms with Crippen molar-refractivity contribution in [3.8, 4) is 0 Å². The molecule has 0 amide bonds. The van der Waals surface area contributed by atoms with Crippen molar-refractivity contribution in [2.45, 2.75) is 45.6 Å². The molecule has 0 aliphatic heterocycles. The summed E-state index contributed by atoms with van der Waals surface area (Å²) in [7, 11) is 2.06. The quantitative estimate of drug-likeness (QED) is 0.861. The van der Waals surface area contributed by atoms with Crippen molar-refractivity contribution in [2.24, 2.45) is 11.1 Å². The molecule has 0 spiro atoms. The Labute approximate surface area is 120 Å². The lowest BCUT2D eigenvalue weighted by molar-refractivity contribution is 0.222. The van der Waals surface area contributed by atoms with Crippen LogP contribution in [0.1, 0.15) is 45.2 Å². The molecule has 1 saturated carbocycles. The van der Waals surface area contributed by atoms with Gasteiger partial charge in [-0.05, 0) is 37.2 Å². The second-order valence-electron chi connectivity index (χ2n) is 6.11. The number of nitrogens with two attached hydrogens (primary N) is 1. The van der Waals surface area contributed by atoms with E-state index in [1.807, 2.05) is 0 Å². The zero-order chi connectivity index (χ0) is 14.0. The van der Waals surface area contributed by atoms with Crippen LogP contribution < -0.4 is 10.6 Å². The summed E-state index contributed by atoms with van der Waals surface area (Å²) >= 11 is 4.96. The fourth-order valence-corrected chi connectivity index (χ4v) is 2.70. The van der Waals surface area contributed by atoms with E-state index >= 15 is 0 Å². The maximum atomic E-state index is 5.62. The van der Waals surface area contributed by atoms with Crippen molar-refractivity contribution in [1.82, 2.24) is 9.97 Å². The van der Waals surface area contributed by atoms with Gasteiger partial charge in [0, 0.05) is 19.3 Å². The summed E-state index contributed by atoms with van der Waals surface area (Å²) in [6, 6.07) is 2.26. The molecule has 1 fully saturated rings. The van der Waals surface area contributed by atoms with E-state index in [1.165, 1.54) is 25.7 Å². The molecule has 2 N–H and O–H groups in total. The summed E-state index contributed by atoms with van der Waals surface area (Å²) in [5.41, 5.74) is 6.73. The van der Waals surface area contributed by atoms with Gasteiger partial charge in [-0.2, -0.15) is 0 Å². The third-order valence-corrected chi connectivity index (χ3v) is 4.28. The van der Waals surface area contributed by atoms with Gasteiger partial charge in [-0.1, -0.05) is 26.1 Å². The molecule has 0 aromatic carbocycles. The largest absolute Gasteiger partial charge is 0.388 e. The molecular formula is C14H22N4S. The van der Waals surface area contributed by atoms with Crippen LogP contribution in [0.25, 0.3) is 0 Å². The predicted molar refractivity (Wildman–Crippen MR) is 82.4 cm³/mol. The number of hydrogen-bond donors (Lipinski definition) is 1. The molecule has 0 atom stereocenters. The molecule has 1 aromatic heterocycles. The molecule has 1 aliphatic carbocycles. The Balaban J connectivity index is 2.10. The molecule has 19 heavy (non-hydrogen) atoms. The van der Waals surface area contributed by atoms with Crippen molar-refractivity contribution in [3.05, 3.63) is 18.0 Å². The third kappa shape index (κ3) is 3.41. The van der Waals surface area contributed by atoms with Gasteiger partial charge in [0.1, 0.15) is 10.7 Å². The Bertz CT molecular complexity index is 462. The Hall–Kier alpha value is -1.23. The third-order valence-electron chi connectivity index (χ3n) is 4.07. The van der Waals surface area contributed by atoms with E-state index in [2.05, 4.69) is 35.8 Å². The maximum Gasteiger partial charge on any atom is 0.225 e. The first-order chi connectivity index (χ1) is 8.89. The van der Waals surface area contributed by atoms with Gasteiger partial charge in [0.05, 0.1) is 0 Å². The molecule has 0 saturated heterocycles. The minimum atomic E-state index is 0.321. The van der Waals surface area contributed by atoms with Gasteiger partial charge < -0.3 is 10.6 Å². The number of thiocarbonyl (C=S) groups is 1. The predicted octanol–water partition coefficient (Wildman–Crippen LogP) is 2.52. The van der Waals surface area contributed by atoms with Crippen LogP contribution in [0.3, 0.4) is 0 Å². The van der Waals surface area contributed by atoms with E-state index in [1.54, 1.807) is 12.3 Å². The molecular weight excluding hydrogens is 256 g/mol. The summed E-state index contributed by atoms with van der Waals surface area (Å²) < 4.78 is 0. The van der Waals surface area contributed by atoms with Gasteiger partial charge in [0.25, 0.3) is 0 Å². The highest BCUT2D eigenvalue weighted by Gasteiger charge is 2.29. The molecule has 0 unspecified atom stereocenters. The van der Waals surface area contributed by atoms with Crippen molar-refractivity contribution in [1.29, 1.82) is 0 Å². The second-order valence-corrected chi connectivity index (χ2v) is 6.55. The van der Waals surface area contributed by atoms with Gasteiger partial charge >= 0.3 is 0 Å². The average molecular weight is 278 g/mol. The number of anilines is 1. The molecule has 0 bridgehead atoms. The highest BCUT2D eigenvalue weighted by Crippen LogP contribution is 2.37. The first-order valence-electron chi connectivity index (χ1n) is 6.75. The second kappa shape index (κ2) is 5.41. The number of rotatable bonds is 3. The SMILES string of the molecule is CN(c1nccc(C(N)=S)n1)C1CCC(C)(C)CC1.